The van der Waals surface area contributed by atoms with E-state index in [1.165, 1.54) is 5.57 Å². The third-order valence-corrected chi connectivity index (χ3v) is 21.0. The maximum atomic E-state index is 12.7. The smallest absolute Gasteiger partial charge is 0.187 e. The average molecular weight is 1120 g/mol. The van der Waals surface area contributed by atoms with E-state index in [1.807, 2.05) is 0 Å². The highest BCUT2D eigenvalue weighted by Crippen LogP contribution is 2.75. The SMILES string of the molecule is CC[C@H]1O[C@H](O[C@H]2[C@H](O)[C@@H](O)[C@H](O[C@H]3[C@H](O[C@H](CC[C@@H](C)C4CC[C@@]5(C)C6CC=C7C(CC[C@H](O[C@@H]8O[C@H](CO)[C@@H](O)[C@H](O)[C@H]8O)C7(C)C)[C@]6(C)[C@H](O)C[C@]45C)C(C)(C)O)O[C@H](CO)[C@@H](O)[C@@H]3O)O[C@@H]2CO)[C@H](O)[C@@H](O)[C@@H]1O. The Kier molecular flexibility index (Phi) is 19.1. The van der Waals surface area contributed by atoms with Crippen molar-refractivity contribution in [2.45, 2.75) is 267 Å². The van der Waals surface area contributed by atoms with Crippen molar-refractivity contribution < 1.29 is 114 Å². The van der Waals surface area contributed by atoms with E-state index in [1.54, 1.807) is 20.8 Å². The zero-order chi connectivity index (χ0) is 57.5. The minimum absolute atomic E-state index is 0.0240. The highest BCUT2D eigenvalue weighted by Gasteiger charge is 2.70. The van der Waals surface area contributed by atoms with Gasteiger partial charge in [0.1, 0.15) is 91.6 Å². The van der Waals surface area contributed by atoms with Crippen molar-refractivity contribution in [3.8, 4) is 0 Å². The molecule has 0 radical (unpaired) electrons. The van der Waals surface area contributed by atoms with Crippen molar-refractivity contribution >= 4 is 0 Å². The number of hydrogen-bond acceptors (Lipinski definition) is 23. The summed E-state index contributed by atoms with van der Waals surface area (Å²) in [4.78, 5) is 0. The van der Waals surface area contributed by atoms with Gasteiger partial charge in [0, 0.05) is 10.8 Å². The fraction of sp³-hybridized carbons (Fsp3) is 0.964. The molecule has 4 heterocycles. The lowest BCUT2D eigenvalue weighted by atomic mass is 9.38. The normalized spacial score (nSPS) is 51.4. The first kappa shape index (κ1) is 62.9. The number of allylic oxidation sites excluding steroid dienone is 1. The molecule has 0 aromatic rings. The van der Waals surface area contributed by atoms with E-state index < -0.39 is 177 Å². The topological polar surface area (TPSA) is 377 Å². The Balaban J connectivity index is 0.951. The van der Waals surface area contributed by atoms with E-state index >= 15 is 0 Å². The summed E-state index contributed by atoms with van der Waals surface area (Å²) in [6, 6.07) is 0. The molecule has 8 rings (SSSR count). The molecule has 0 spiro atoms. The molecule has 15 N–H and O–H groups in total. The molecule has 23 nitrogen and oxygen atoms in total. The van der Waals surface area contributed by atoms with Crippen LogP contribution >= 0.6 is 0 Å². The van der Waals surface area contributed by atoms with Gasteiger partial charge in [0.15, 0.2) is 25.2 Å². The van der Waals surface area contributed by atoms with Crippen LogP contribution in [0.5, 0.6) is 0 Å². The van der Waals surface area contributed by atoms with Crippen LogP contribution in [0, 0.1) is 45.3 Å². The highest BCUT2D eigenvalue weighted by atomic mass is 16.8. The van der Waals surface area contributed by atoms with Crippen molar-refractivity contribution in [3.05, 3.63) is 11.6 Å². The monoisotopic (exact) mass is 1120 g/mol. The average Bonchev–Trinajstić information content (AvgIpc) is 2.48. The van der Waals surface area contributed by atoms with Crippen LogP contribution in [-0.4, -0.2) is 243 Å². The summed E-state index contributed by atoms with van der Waals surface area (Å²) < 4.78 is 48.1. The molecule has 3 unspecified atom stereocenters. The minimum atomic E-state index is -1.97. The van der Waals surface area contributed by atoms with Crippen molar-refractivity contribution in [2.75, 3.05) is 19.8 Å². The van der Waals surface area contributed by atoms with Gasteiger partial charge in [-0.05, 0) is 106 Å². The third-order valence-electron chi connectivity index (χ3n) is 21.0. The molecule has 4 saturated heterocycles. The molecule has 0 amide bonds. The zero-order valence-electron chi connectivity index (χ0n) is 46.6. The molecule has 3 saturated carbocycles. The van der Waals surface area contributed by atoms with Crippen molar-refractivity contribution in [2.24, 2.45) is 45.3 Å². The van der Waals surface area contributed by atoms with Crippen LogP contribution in [0.4, 0.5) is 0 Å². The Labute approximate surface area is 457 Å². The molecule has 0 aromatic heterocycles. The fourth-order valence-corrected chi connectivity index (χ4v) is 15.9. The standard InChI is InChI=1S/C55H94O23/c1-10-27-35(60)38(63)43(68)48(71-27)77-45-30(22-58)74-49(44(69)41(45)66)78-46-40(65)37(62)29(21-57)73-50(46)76-34(52(5,6)70)15-11-23(2)24-17-18-53(7)31-14-12-25-26(55(31,9)32(59)19-54(24,53)8)13-16-33(51(25,3)4)75-47-42(67)39(64)36(61)28(20-56)72-47/h12,23-24,26-50,56-70H,10-11,13-22H2,1-9H3/t23-,24?,26?,27-,28-,29-,30-,31?,32-,33+,34-,35-,36-,37-,38+,39+,40+,41-,42-,43-,44-,45-,46-,47+,48-,49+,50+,53+,54-,55+/m1/s1. The predicted octanol–water partition coefficient (Wildman–Crippen LogP) is -1.81. The van der Waals surface area contributed by atoms with E-state index in [4.69, 9.17) is 37.9 Å². The first-order valence-electron chi connectivity index (χ1n) is 28.4. The predicted molar refractivity (Wildman–Crippen MR) is 271 cm³/mol. The second-order valence-electron chi connectivity index (χ2n) is 26.1. The Morgan fingerprint density at radius 2 is 1.09 bits per heavy atom. The van der Waals surface area contributed by atoms with Gasteiger partial charge in [-0.15, -0.1) is 0 Å². The number of hydrogen-bond donors (Lipinski definition) is 15. The Morgan fingerprint density at radius 3 is 1.67 bits per heavy atom. The molecule has 23 heteroatoms. The molecule has 0 aromatic carbocycles. The first-order chi connectivity index (χ1) is 36.5. The van der Waals surface area contributed by atoms with Gasteiger partial charge in [0.25, 0.3) is 0 Å². The van der Waals surface area contributed by atoms with Crippen LogP contribution in [0.25, 0.3) is 0 Å². The molecule has 0 bridgehead atoms. The van der Waals surface area contributed by atoms with E-state index in [0.29, 0.717) is 25.7 Å². The maximum Gasteiger partial charge on any atom is 0.187 e. The molecule has 78 heavy (non-hydrogen) atoms. The van der Waals surface area contributed by atoms with Crippen LogP contribution in [-0.2, 0) is 37.9 Å². The van der Waals surface area contributed by atoms with Gasteiger partial charge in [-0.3, -0.25) is 0 Å². The van der Waals surface area contributed by atoms with E-state index in [9.17, 15) is 76.6 Å². The Hall–Kier alpha value is -1.18. The Bertz CT molecular complexity index is 2020. The van der Waals surface area contributed by atoms with Crippen LogP contribution < -0.4 is 0 Å². The molecule has 30 atom stereocenters. The van der Waals surface area contributed by atoms with Gasteiger partial charge < -0.3 is 114 Å². The molecule has 4 aliphatic carbocycles. The lowest BCUT2D eigenvalue weighted by Gasteiger charge is -2.67. The van der Waals surface area contributed by atoms with Crippen LogP contribution in [0.2, 0.25) is 0 Å². The summed E-state index contributed by atoms with van der Waals surface area (Å²) in [5.41, 5.74) is -1.91. The Morgan fingerprint density at radius 1 is 0.590 bits per heavy atom. The first-order valence-corrected chi connectivity index (χ1v) is 28.4. The molecule has 452 valence electrons. The minimum Gasteiger partial charge on any atom is -0.394 e. The molecular formula is C55H94O23. The maximum absolute atomic E-state index is 12.7. The number of aliphatic hydroxyl groups excluding tert-OH is 14. The van der Waals surface area contributed by atoms with Gasteiger partial charge in [0.05, 0.1) is 49.8 Å². The van der Waals surface area contributed by atoms with E-state index in [-0.39, 0.29) is 47.3 Å². The number of ether oxygens (including phenoxy) is 8. The van der Waals surface area contributed by atoms with Crippen molar-refractivity contribution in [1.82, 2.24) is 0 Å². The fourth-order valence-electron chi connectivity index (χ4n) is 15.9. The number of fused-ring (bicyclic) bond motifs is 5. The summed E-state index contributed by atoms with van der Waals surface area (Å²) in [5.74, 6) is 0.331. The summed E-state index contributed by atoms with van der Waals surface area (Å²) in [5, 5.41) is 163. The quantitative estimate of drug-likeness (QED) is 0.0714. The number of rotatable bonds is 17. The van der Waals surface area contributed by atoms with Gasteiger partial charge in [-0.1, -0.05) is 60.1 Å². The van der Waals surface area contributed by atoms with E-state index in [0.717, 1.165) is 19.3 Å². The summed E-state index contributed by atoms with van der Waals surface area (Å²) in [6.07, 6.45) is -25.9. The van der Waals surface area contributed by atoms with Crippen molar-refractivity contribution in [1.29, 1.82) is 0 Å². The van der Waals surface area contributed by atoms with Gasteiger partial charge in [-0.2, -0.15) is 0 Å². The lowest BCUT2D eigenvalue weighted by molar-refractivity contribution is -0.388. The second kappa shape index (κ2) is 23.7. The molecule has 8 aliphatic rings. The van der Waals surface area contributed by atoms with Crippen LogP contribution in [0.3, 0.4) is 0 Å². The van der Waals surface area contributed by atoms with Crippen molar-refractivity contribution in [3.63, 3.8) is 0 Å². The number of aliphatic hydroxyl groups is 15. The van der Waals surface area contributed by atoms with Gasteiger partial charge in [0.2, 0.25) is 0 Å². The van der Waals surface area contributed by atoms with E-state index in [2.05, 4.69) is 47.6 Å². The summed E-state index contributed by atoms with van der Waals surface area (Å²) in [7, 11) is 0. The zero-order valence-corrected chi connectivity index (χ0v) is 46.6. The highest BCUT2D eigenvalue weighted by molar-refractivity contribution is 5.32. The van der Waals surface area contributed by atoms with Crippen LogP contribution in [0.1, 0.15) is 120 Å². The summed E-state index contributed by atoms with van der Waals surface area (Å²) >= 11 is 0. The third kappa shape index (κ3) is 10.9. The lowest BCUT2D eigenvalue weighted by Crippen LogP contribution is -2.66. The molecule has 7 fully saturated rings. The van der Waals surface area contributed by atoms with Gasteiger partial charge >= 0.3 is 0 Å². The molecular weight excluding hydrogens is 1030 g/mol. The second-order valence-corrected chi connectivity index (χ2v) is 26.1. The largest absolute Gasteiger partial charge is 0.394 e. The molecule has 4 aliphatic heterocycles. The van der Waals surface area contributed by atoms with Gasteiger partial charge in [-0.25, -0.2) is 0 Å². The summed E-state index contributed by atoms with van der Waals surface area (Å²) in [6.45, 7) is 15.9. The van der Waals surface area contributed by atoms with Crippen LogP contribution in [0.15, 0.2) is 11.6 Å².